The van der Waals surface area contributed by atoms with Crippen LogP contribution in [0.2, 0.25) is 0 Å². The van der Waals surface area contributed by atoms with Crippen molar-refractivity contribution in [1.29, 1.82) is 0 Å². The van der Waals surface area contributed by atoms with Crippen molar-refractivity contribution in [2.75, 3.05) is 11.9 Å². The number of aromatic nitrogens is 1. The second-order valence-corrected chi connectivity index (χ2v) is 4.85. The summed E-state index contributed by atoms with van der Waals surface area (Å²) in [4.78, 5) is 6.30. The Bertz CT molecular complexity index is 539. The van der Waals surface area contributed by atoms with Gasteiger partial charge < -0.3 is 10.0 Å². The van der Waals surface area contributed by atoms with E-state index in [9.17, 15) is 9.50 Å². The summed E-state index contributed by atoms with van der Waals surface area (Å²) in [5.74, 6) is -0.226. The van der Waals surface area contributed by atoms with Gasteiger partial charge in [0, 0.05) is 13.6 Å². The van der Waals surface area contributed by atoms with E-state index in [2.05, 4.69) is 4.98 Å². The van der Waals surface area contributed by atoms with Crippen molar-refractivity contribution in [1.82, 2.24) is 4.98 Å². The lowest BCUT2D eigenvalue weighted by Crippen LogP contribution is -2.16. The number of rotatable bonds is 5. The van der Waals surface area contributed by atoms with Crippen molar-refractivity contribution in [2.45, 2.75) is 26.0 Å². The van der Waals surface area contributed by atoms with Crippen LogP contribution >= 0.6 is 0 Å². The highest BCUT2D eigenvalue weighted by Crippen LogP contribution is 2.19. The molecule has 0 radical (unpaired) electrons. The average Bonchev–Trinajstić information content (AvgIpc) is 2.49. The molecule has 0 amide bonds. The number of aliphatic hydroxyl groups excluding tert-OH is 1. The largest absolute Gasteiger partial charge is 0.387 e. The maximum absolute atomic E-state index is 12.9. The highest BCUT2D eigenvalue weighted by molar-refractivity contribution is 5.44. The highest BCUT2D eigenvalue weighted by atomic mass is 19.1. The Morgan fingerprint density at radius 2 is 1.90 bits per heavy atom. The minimum Gasteiger partial charge on any atom is -0.387 e. The molecular formula is C16H19FN2O. The highest BCUT2D eigenvalue weighted by Gasteiger charge is 2.08. The molecule has 2 rings (SSSR count). The molecule has 0 aliphatic heterocycles. The maximum atomic E-state index is 12.9. The summed E-state index contributed by atoms with van der Waals surface area (Å²) in [6.07, 6.45) is 1.89. The summed E-state index contributed by atoms with van der Waals surface area (Å²) in [6, 6.07) is 10.2. The summed E-state index contributed by atoms with van der Waals surface area (Å²) in [5, 5.41) is 9.71. The van der Waals surface area contributed by atoms with Crippen molar-refractivity contribution >= 4 is 5.69 Å². The molecule has 4 heteroatoms. The van der Waals surface area contributed by atoms with Gasteiger partial charge in [0.15, 0.2) is 0 Å². The van der Waals surface area contributed by atoms with Gasteiger partial charge in [-0.3, -0.25) is 4.98 Å². The van der Waals surface area contributed by atoms with Gasteiger partial charge in [0.2, 0.25) is 0 Å². The van der Waals surface area contributed by atoms with E-state index >= 15 is 0 Å². The van der Waals surface area contributed by atoms with Gasteiger partial charge in [0.1, 0.15) is 5.82 Å². The van der Waals surface area contributed by atoms with Crippen LogP contribution in [0.4, 0.5) is 10.1 Å². The zero-order valence-electron chi connectivity index (χ0n) is 11.8. The number of pyridine rings is 1. The molecule has 2 aromatic rings. The average molecular weight is 274 g/mol. The van der Waals surface area contributed by atoms with E-state index in [4.69, 9.17) is 0 Å². The van der Waals surface area contributed by atoms with Crippen LogP contribution in [0.15, 0.2) is 42.6 Å². The molecule has 1 aromatic heterocycles. The van der Waals surface area contributed by atoms with E-state index < -0.39 is 6.10 Å². The second-order valence-electron chi connectivity index (χ2n) is 4.85. The molecule has 0 saturated carbocycles. The first-order valence-electron chi connectivity index (χ1n) is 6.69. The van der Waals surface area contributed by atoms with Gasteiger partial charge in [-0.15, -0.1) is 0 Å². The number of nitrogens with zero attached hydrogens (tertiary/aromatic N) is 2. The van der Waals surface area contributed by atoms with Crippen molar-refractivity contribution in [3.8, 4) is 0 Å². The minimum absolute atomic E-state index is 0.226. The molecular weight excluding hydrogens is 255 g/mol. The number of aliphatic hydroxyl groups is 1. The fourth-order valence-corrected chi connectivity index (χ4v) is 1.98. The molecule has 1 aromatic carbocycles. The summed E-state index contributed by atoms with van der Waals surface area (Å²) in [6.45, 7) is 2.60. The van der Waals surface area contributed by atoms with Crippen LogP contribution in [-0.2, 0) is 6.54 Å². The lowest BCUT2D eigenvalue weighted by Gasteiger charge is -2.19. The molecule has 0 aliphatic carbocycles. The molecule has 1 N–H and O–H groups in total. The first kappa shape index (κ1) is 14.5. The fourth-order valence-electron chi connectivity index (χ4n) is 1.98. The standard InChI is InChI=1S/C16H19FN2O/c1-3-16(20)15-9-8-14(10-18-15)19(2)11-12-4-6-13(17)7-5-12/h4-10,16,20H,3,11H2,1-2H3/t16-/m0/s1. The Kier molecular flexibility index (Phi) is 4.69. The lowest BCUT2D eigenvalue weighted by atomic mass is 10.1. The van der Waals surface area contributed by atoms with E-state index in [-0.39, 0.29) is 5.82 Å². The number of hydrogen-bond donors (Lipinski definition) is 1. The molecule has 0 unspecified atom stereocenters. The zero-order chi connectivity index (χ0) is 14.5. The van der Waals surface area contributed by atoms with Crippen molar-refractivity contribution in [2.24, 2.45) is 0 Å². The maximum Gasteiger partial charge on any atom is 0.123 e. The van der Waals surface area contributed by atoms with Crippen molar-refractivity contribution in [3.63, 3.8) is 0 Å². The first-order chi connectivity index (χ1) is 9.60. The minimum atomic E-state index is -0.508. The molecule has 0 fully saturated rings. The topological polar surface area (TPSA) is 36.4 Å². The molecule has 0 bridgehead atoms. The third-order valence-electron chi connectivity index (χ3n) is 3.27. The molecule has 0 aliphatic rings. The smallest absolute Gasteiger partial charge is 0.123 e. The Hall–Kier alpha value is -1.94. The molecule has 3 nitrogen and oxygen atoms in total. The molecule has 0 saturated heterocycles. The summed E-state index contributed by atoms with van der Waals surface area (Å²) < 4.78 is 12.9. The Morgan fingerprint density at radius 1 is 1.20 bits per heavy atom. The van der Waals surface area contributed by atoms with Crippen molar-refractivity contribution < 1.29 is 9.50 Å². The summed E-state index contributed by atoms with van der Waals surface area (Å²) in [5.41, 5.74) is 2.68. The van der Waals surface area contributed by atoms with Crippen LogP contribution < -0.4 is 4.90 Å². The molecule has 1 heterocycles. The monoisotopic (exact) mass is 274 g/mol. The van der Waals surface area contributed by atoms with Gasteiger partial charge in [-0.25, -0.2) is 4.39 Å². The molecule has 1 atom stereocenters. The van der Waals surface area contributed by atoms with Crippen LogP contribution in [0.1, 0.15) is 30.7 Å². The van der Waals surface area contributed by atoms with E-state index in [1.807, 2.05) is 31.0 Å². The van der Waals surface area contributed by atoms with Crippen molar-refractivity contribution in [3.05, 3.63) is 59.7 Å². The molecule has 106 valence electrons. The predicted octanol–water partition coefficient (Wildman–Crippen LogP) is 3.30. The van der Waals surface area contributed by atoms with Gasteiger partial charge in [-0.1, -0.05) is 19.1 Å². The normalized spacial score (nSPS) is 12.2. The number of halogens is 1. The molecule has 0 spiro atoms. The van der Waals surface area contributed by atoms with Crippen LogP contribution in [0, 0.1) is 5.82 Å². The Labute approximate surface area is 118 Å². The SMILES string of the molecule is CC[C@H](O)c1ccc(N(C)Cc2ccc(F)cc2)cn1. The van der Waals surface area contributed by atoms with E-state index in [0.29, 0.717) is 18.7 Å². The number of benzene rings is 1. The van der Waals surface area contributed by atoms with E-state index in [0.717, 1.165) is 11.3 Å². The lowest BCUT2D eigenvalue weighted by molar-refractivity contribution is 0.169. The van der Waals surface area contributed by atoms with Crippen LogP contribution in [-0.4, -0.2) is 17.1 Å². The number of hydrogen-bond acceptors (Lipinski definition) is 3. The van der Waals surface area contributed by atoms with Crippen LogP contribution in [0.3, 0.4) is 0 Å². The summed E-state index contributed by atoms with van der Waals surface area (Å²) in [7, 11) is 1.95. The Morgan fingerprint density at radius 3 is 2.45 bits per heavy atom. The quantitative estimate of drug-likeness (QED) is 0.908. The number of anilines is 1. The van der Waals surface area contributed by atoms with Gasteiger partial charge >= 0.3 is 0 Å². The summed E-state index contributed by atoms with van der Waals surface area (Å²) >= 11 is 0. The van der Waals surface area contributed by atoms with Gasteiger partial charge in [0.05, 0.1) is 23.7 Å². The fraction of sp³-hybridized carbons (Fsp3) is 0.312. The predicted molar refractivity (Wildman–Crippen MR) is 78.0 cm³/mol. The third-order valence-corrected chi connectivity index (χ3v) is 3.27. The van der Waals surface area contributed by atoms with Gasteiger partial charge in [0.25, 0.3) is 0 Å². The first-order valence-corrected chi connectivity index (χ1v) is 6.69. The van der Waals surface area contributed by atoms with E-state index in [1.165, 1.54) is 12.1 Å². The van der Waals surface area contributed by atoms with Gasteiger partial charge in [-0.05, 0) is 36.2 Å². The second kappa shape index (κ2) is 6.48. The van der Waals surface area contributed by atoms with Gasteiger partial charge in [-0.2, -0.15) is 0 Å². The zero-order valence-corrected chi connectivity index (χ0v) is 11.8. The third kappa shape index (κ3) is 3.54. The Balaban J connectivity index is 2.05. The van der Waals surface area contributed by atoms with E-state index in [1.54, 1.807) is 18.3 Å². The van der Waals surface area contributed by atoms with Crippen LogP contribution in [0.25, 0.3) is 0 Å². The van der Waals surface area contributed by atoms with Crippen LogP contribution in [0.5, 0.6) is 0 Å². The molecule has 20 heavy (non-hydrogen) atoms.